The third kappa shape index (κ3) is 22.0. The minimum atomic E-state index is -0.909. The maximum absolute atomic E-state index is 13.4. The fourth-order valence-electron chi connectivity index (χ4n) is 3.60. The van der Waals surface area contributed by atoms with E-state index < -0.39 is 29.7 Å². The largest absolute Gasteiger partial charge is 0.372 e. The maximum atomic E-state index is 13.4. The summed E-state index contributed by atoms with van der Waals surface area (Å²) in [6, 6.07) is -2.03. The predicted octanol–water partition coefficient (Wildman–Crippen LogP) is 2.77. The maximum Gasteiger partial charge on any atom is 0.315 e. The number of ketones is 1. The Morgan fingerprint density at radius 2 is 1.44 bits per heavy atom. The van der Waals surface area contributed by atoms with Crippen molar-refractivity contribution < 1.29 is 28.8 Å². The van der Waals surface area contributed by atoms with Crippen LogP contribution in [-0.4, -0.2) is 97.2 Å². The summed E-state index contributed by atoms with van der Waals surface area (Å²) in [5.74, 6) is -0.393. The van der Waals surface area contributed by atoms with E-state index in [-0.39, 0.29) is 42.5 Å². The molecule has 0 spiro atoms. The average Bonchev–Trinajstić information content (AvgIpc) is 3.61. The number of Topliss-reactive ketones (excluding diaryl/α,β-unsaturated/α-hetero) is 1. The third-order valence-electron chi connectivity index (χ3n) is 5.80. The van der Waals surface area contributed by atoms with Gasteiger partial charge in [-0.05, 0) is 43.9 Å². The quantitative estimate of drug-likeness (QED) is 0.189. The number of likely N-dealkylation sites (tertiary alicyclic amines) is 1. The molecule has 3 unspecified atom stereocenters. The van der Waals surface area contributed by atoms with Gasteiger partial charge in [-0.2, -0.15) is 0 Å². The zero-order valence-corrected chi connectivity index (χ0v) is 30.3. The highest BCUT2D eigenvalue weighted by molar-refractivity contribution is 5.95. The summed E-state index contributed by atoms with van der Waals surface area (Å²) in [7, 11) is 3.16. The van der Waals surface area contributed by atoms with Gasteiger partial charge in [0.25, 0.3) is 0 Å². The first-order valence-electron chi connectivity index (χ1n) is 16.1. The van der Waals surface area contributed by atoms with E-state index in [9.17, 15) is 24.0 Å². The number of nitrogens with zero attached hydrogens (tertiary/aromatic N) is 2. The number of likely N-dealkylation sites (N-methyl/N-ethyl adjacent to an activating group) is 1. The van der Waals surface area contributed by atoms with Crippen LogP contribution in [0.15, 0.2) is 0 Å². The van der Waals surface area contributed by atoms with Crippen LogP contribution in [0, 0.1) is 11.3 Å². The summed E-state index contributed by atoms with van der Waals surface area (Å²) in [6.07, 6.45) is 3.78. The number of nitrogens with two attached hydrogens (primary N) is 1. The molecule has 0 aromatic heterocycles. The van der Waals surface area contributed by atoms with Crippen LogP contribution in [0.4, 0.5) is 4.79 Å². The first-order chi connectivity index (χ1) is 20.9. The highest BCUT2D eigenvalue weighted by Gasteiger charge is 2.42. The Hall–Kier alpha value is -3.22. The van der Waals surface area contributed by atoms with Gasteiger partial charge in [0.1, 0.15) is 18.2 Å². The fourth-order valence-corrected chi connectivity index (χ4v) is 3.60. The van der Waals surface area contributed by atoms with Gasteiger partial charge >= 0.3 is 6.03 Å². The molecule has 0 bridgehead atoms. The minimum absolute atomic E-state index is 0.190. The standard InChI is InChI=1S/C22H38N6O5.C4H10.C3H8.C2H6.CH3NO/c1-13(29)18(24-14-9-10-14)26-19(31)15-8-7-11-28(15)20(32)17(22(2,3)4)25-21(33)23-12-16(30)27(5)6;1-4(2)3;1-3-2;1-2;2-1-3/h14-15,17-18,24H,7-12H2,1-6H3,(H,26,31)(H2,23,25,33);4H,1-3H3;3H2,1-2H3;1-2H3;1H,(H2,2,3). The number of nitrogens with one attached hydrogen (secondary N) is 4. The van der Waals surface area contributed by atoms with E-state index in [0.29, 0.717) is 19.4 Å². The smallest absolute Gasteiger partial charge is 0.315 e. The predicted molar refractivity (Wildman–Crippen MR) is 180 cm³/mol. The molecule has 0 radical (unpaired) electrons. The van der Waals surface area contributed by atoms with Crippen molar-refractivity contribution in [2.75, 3.05) is 27.2 Å². The molecule has 2 fully saturated rings. The minimum Gasteiger partial charge on any atom is -0.372 e. The Bertz CT molecular complexity index is 883. The van der Waals surface area contributed by atoms with Crippen LogP contribution >= 0.6 is 0 Å². The number of urea groups is 1. The normalized spacial score (nSPS) is 16.2. The molecule has 2 aliphatic rings. The molecule has 1 aliphatic heterocycles. The lowest BCUT2D eigenvalue weighted by molar-refractivity contribution is -0.142. The van der Waals surface area contributed by atoms with Crippen molar-refractivity contribution in [1.29, 1.82) is 0 Å². The summed E-state index contributed by atoms with van der Waals surface area (Å²) < 4.78 is 0. The van der Waals surface area contributed by atoms with Gasteiger partial charge in [0.2, 0.25) is 24.1 Å². The number of carbonyl (C=O) groups is 6. The molecule has 45 heavy (non-hydrogen) atoms. The molecule has 0 aromatic rings. The molecule has 264 valence electrons. The Morgan fingerprint density at radius 3 is 1.82 bits per heavy atom. The zero-order chi connectivity index (χ0) is 35.9. The van der Waals surface area contributed by atoms with Crippen molar-refractivity contribution in [2.24, 2.45) is 17.1 Å². The van der Waals surface area contributed by atoms with Gasteiger partial charge in [0.05, 0.1) is 6.54 Å². The van der Waals surface area contributed by atoms with Crippen LogP contribution in [0.5, 0.6) is 0 Å². The molecule has 3 atom stereocenters. The average molecular weight is 644 g/mol. The summed E-state index contributed by atoms with van der Waals surface area (Å²) >= 11 is 0. The zero-order valence-electron chi connectivity index (χ0n) is 30.3. The molecule has 6 N–H and O–H groups in total. The van der Waals surface area contributed by atoms with Crippen molar-refractivity contribution in [3.8, 4) is 0 Å². The highest BCUT2D eigenvalue weighted by atomic mass is 16.2. The molecular weight excluding hydrogens is 578 g/mol. The van der Waals surface area contributed by atoms with Gasteiger partial charge in [-0.25, -0.2) is 4.79 Å². The van der Waals surface area contributed by atoms with E-state index >= 15 is 0 Å². The molecule has 6 amide bonds. The monoisotopic (exact) mass is 643 g/mol. The first-order valence-corrected chi connectivity index (χ1v) is 16.1. The number of rotatable bonds is 9. The third-order valence-corrected chi connectivity index (χ3v) is 5.80. The lowest BCUT2D eigenvalue weighted by Crippen LogP contribution is -2.61. The van der Waals surface area contributed by atoms with Gasteiger partial charge in [-0.1, -0.05) is 75.7 Å². The number of primary amides is 1. The lowest BCUT2D eigenvalue weighted by atomic mass is 9.85. The van der Waals surface area contributed by atoms with Gasteiger partial charge in [0.15, 0.2) is 5.78 Å². The van der Waals surface area contributed by atoms with Gasteiger partial charge in [-0.15, -0.1) is 0 Å². The number of amides is 6. The number of hydrogen-bond acceptors (Lipinski definition) is 7. The van der Waals surface area contributed by atoms with E-state index in [1.807, 2.05) is 34.6 Å². The van der Waals surface area contributed by atoms with Gasteiger partial charge in [0, 0.05) is 26.7 Å². The van der Waals surface area contributed by atoms with Crippen molar-refractivity contribution in [2.45, 2.75) is 133 Å². The Kier molecular flexibility index (Phi) is 25.7. The molecule has 2 rings (SSSR count). The van der Waals surface area contributed by atoms with E-state index in [4.69, 9.17) is 4.79 Å². The van der Waals surface area contributed by atoms with Crippen LogP contribution in [0.2, 0.25) is 0 Å². The lowest BCUT2D eigenvalue weighted by Gasteiger charge is -2.35. The summed E-state index contributed by atoms with van der Waals surface area (Å²) in [5, 5.41) is 11.0. The second-order valence-corrected chi connectivity index (χ2v) is 12.7. The molecule has 1 saturated heterocycles. The van der Waals surface area contributed by atoms with E-state index in [1.165, 1.54) is 23.1 Å². The van der Waals surface area contributed by atoms with E-state index in [1.54, 1.807) is 14.1 Å². The van der Waals surface area contributed by atoms with Crippen molar-refractivity contribution in [3.63, 3.8) is 0 Å². The summed E-state index contributed by atoms with van der Waals surface area (Å²) in [4.78, 5) is 73.9. The second kappa shape index (κ2) is 25.0. The molecule has 0 aromatic carbocycles. The molecular formula is C32H65N7O6. The van der Waals surface area contributed by atoms with Crippen LogP contribution in [0.25, 0.3) is 0 Å². The SMILES string of the molecule is CC.CC(=O)C(NC(=O)C1CCCN1C(=O)C(NC(=O)NCC(=O)N(C)C)C(C)(C)C)NC1CC1.CC(C)C.CCC.NC=O. The highest BCUT2D eigenvalue weighted by Crippen LogP contribution is 2.26. The molecule has 13 nitrogen and oxygen atoms in total. The molecule has 1 heterocycles. The van der Waals surface area contributed by atoms with E-state index in [2.05, 4.69) is 61.6 Å². The van der Waals surface area contributed by atoms with Crippen molar-refractivity contribution in [1.82, 2.24) is 31.1 Å². The topological polar surface area (TPSA) is 183 Å². The van der Waals surface area contributed by atoms with Crippen LogP contribution in [0.1, 0.15) is 108 Å². The fraction of sp³-hybridized carbons (Fsp3) is 0.812. The van der Waals surface area contributed by atoms with Crippen LogP contribution in [0.3, 0.4) is 0 Å². The molecule has 13 heteroatoms. The summed E-state index contributed by atoms with van der Waals surface area (Å²) in [5.41, 5.74) is 3.53. The second-order valence-electron chi connectivity index (χ2n) is 12.7. The van der Waals surface area contributed by atoms with Crippen LogP contribution in [-0.2, 0) is 24.0 Å². The molecule has 1 aliphatic carbocycles. The van der Waals surface area contributed by atoms with Crippen molar-refractivity contribution in [3.05, 3.63) is 0 Å². The summed E-state index contributed by atoms with van der Waals surface area (Å²) in [6.45, 7) is 21.8. The van der Waals surface area contributed by atoms with Crippen molar-refractivity contribution >= 4 is 35.9 Å². The van der Waals surface area contributed by atoms with Crippen LogP contribution < -0.4 is 27.0 Å². The van der Waals surface area contributed by atoms with Gasteiger partial charge in [-0.3, -0.25) is 29.3 Å². The Labute approximate surface area is 272 Å². The number of carbonyl (C=O) groups excluding carboxylic acids is 6. The Morgan fingerprint density at radius 1 is 0.978 bits per heavy atom. The molecule has 1 saturated carbocycles. The van der Waals surface area contributed by atoms with Gasteiger partial charge < -0.3 is 31.5 Å². The van der Waals surface area contributed by atoms with E-state index in [0.717, 1.165) is 18.8 Å². The number of hydrogen-bond donors (Lipinski definition) is 5. The first kappa shape index (κ1) is 46.2. The Balaban J connectivity index is -0.00000127.